The third-order valence-electron chi connectivity index (χ3n) is 4.39. The number of hydrogen-bond acceptors (Lipinski definition) is 2. The summed E-state index contributed by atoms with van der Waals surface area (Å²) >= 11 is 0. The van der Waals surface area contributed by atoms with E-state index in [0.717, 1.165) is 5.92 Å². The first-order chi connectivity index (χ1) is 8.13. The lowest BCUT2D eigenvalue weighted by molar-refractivity contribution is 0.359. The second-order valence-corrected chi connectivity index (χ2v) is 5.40. The van der Waals surface area contributed by atoms with Crippen molar-refractivity contribution in [3.63, 3.8) is 0 Å². The maximum atomic E-state index is 4.33. The van der Waals surface area contributed by atoms with E-state index in [1.807, 2.05) is 17.9 Å². The van der Waals surface area contributed by atoms with Crippen LogP contribution in [0.2, 0.25) is 0 Å². The summed E-state index contributed by atoms with van der Waals surface area (Å²) in [5, 5.41) is 8.12. The van der Waals surface area contributed by atoms with Gasteiger partial charge >= 0.3 is 0 Å². The highest BCUT2D eigenvalue weighted by Crippen LogP contribution is 2.30. The van der Waals surface area contributed by atoms with E-state index in [4.69, 9.17) is 0 Å². The largest absolute Gasteiger partial charge is 0.307 e. The molecule has 1 aromatic heterocycles. The van der Waals surface area contributed by atoms with Gasteiger partial charge in [0.1, 0.15) is 0 Å². The molecule has 3 unspecified atom stereocenters. The van der Waals surface area contributed by atoms with Gasteiger partial charge in [-0.2, -0.15) is 5.10 Å². The van der Waals surface area contributed by atoms with Crippen molar-refractivity contribution < 1.29 is 0 Å². The topological polar surface area (TPSA) is 29.9 Å². The zero-order valence-electron chi connectivity index (χ0n) is 11.5. The van der Waals surface area contributed by atoms with Crippen molar-refractivity contribution in [2.45, 2.75) is 58.5 Å². The molecule has 17 heavy (non-hydrogen) atoms. The van der Waals surface area contributed by atoms with Crippen LogP contribution >= 0.6 is 0 Å². The van der Waals surface area contributed by atoms with Gasteiger partial charge in [-0.3, -0.25) is 4.68 Å². The van der Waals surface area contributed by atoms with Crippen molar-refractivity contribution in [3.8, 4) is 0 Å². The highest BCUT2D eigenvalue weighted by molar-refractivity contribution is 5.20. The van der Waals surface area contributed by atoms with E-state index in [9.17, 15) is 0 Å². The molecule has 1 N–H and O–H groups in total. The van der Waals surface area contributed by atoms with E-state index in [1.165, 1.54) is 36.9 Å². The van der Waals surface area contributed by atoms with Crippen molar-refractivity contribution in [2.75, 3.05) is 0 Å². The summed E-state index contributed by atoms with van der Waals surface area (Å²) in [6, 6.07) is 1.12. The zero-order valence-corrected chi connectivity index (χ0v) is 11.5. The van der Waals surface area contributed by atoms with Gasteiger partial charge in [0.05, 0.1) is 6.20 Å². The standard InChI is InChI=1S/C14H25N3/c1-5-12-7-6-8-14(12)16-10(2)13-9-15-17(4)11(13)3/h9-10,12,14,16H,5-8H2,1-4H3. The Bertz CT molecular complexity index is 370. The predicted molar refractivity (Wildman–Crippen MR) is 70.9 cm³/mol. The minimum atomic E-state index is 0.417. The normalized spacial score (nSPS) is 26.4. The van der Waals surface area contributed by atoms with Crippen molar-refractivity contribution in [2.24, 2.45) is 13.0 Å². The number of hydrogen-bond donors (Lipinski definition) is 1. The van der Waals surface area contributed by atoms with E-state index in [0.29, 0.717) is 12.1 Å². The minimum absolute atomic E-state index is 0.417. The Labute approximate surface area is 105 Å². The molecule has 0 aromatic carbocycles. The molecule has 1 aliphatic carbocycles. The van der Waals surface area contributed by atoms with Crippen molar-refractivity contribution >= 4 is 0 Å². The lowest BCUT2D eigenvalue weighted by Crippen LogP contribution is -2.34. The smallest absolute Gasteiger partial charge is 0.0540 e. The second kappa shape index (κ2) is 5.21. The number of nitrogens with one attached hydrogen (secondary N) is 1. The van der Waals surface area contributed by atoms with Gasteiger partial charge in [-0.25, -0.2) is 0 Å². The van der Waals surface area contributed by atoms with Crippen LogP contribution in [0.1, 0.15) is 56.8 Å². The summed E-state index contributed by atoms with van der Waals surface area (Å²) in [7, 11) is 2.01. The lowest BCUT2D eigenvalue weighted by Gasteiger charge is -2.24. The molecule has 3 heteroatoms. The Morgan fingerprint density at radius 3 is 2.88 bits per heavy atom. The summed E-state index contributed by atoms with van der Waals surface area (Å²) in [4.78, 5) is 0. The van der Waals surface area contributed by atoms with Gasteiger partial charge < -0.3 is 5.32 Å². The fourth-order valence-corrected chi connectivity index (χ4v) is 3.10. The van der Waals surface area contributed by atoms with Gasteiger partial charge in [-0.15, -0.1) is 0 Å². The van der Waals surface area contributed by atoms with Crippen LogP contribution in [0.25, 0.3) is 0 Å². The molecule has 1 aromatic rings. The van der Waals surface area contributed by atoms with Crippen molar-refractivity contribution in [1.29, 1.82) is 0 Å². The van der Waals surface area contributed by atoms with E-state index >= 15 is 0 Å². The summed E-state index contributed by atoms with van der Waals surface area (Å²) in [6.45, 7) is 6.71. The van der Waals surface area contributed by atoms with Gasteiger partial charge in [-0.05, 0) is 32.6 Å². The maximum Gasteiger partial charge on any atom is 0.0540 e. The molecule has 3 nitrogen and oxygen atoms in total. The first kappa shape index (κ1) is 12.6. The molecule has 0 bridgehead atoms. The van der Waals surface area contributed by atoms with Crippen molar-refractivity contribution in [3.05, 3.63) is 17.5 Å². The third-order valence-corrected chi connectivity index (χ3v) is 4.39. The molecular weight excluding hydrogens is 210 g/mol. The van der Waals surface area contributed by atoms with Gasteiger partial charge in [0, 0.05) is 30.4 Å². The van der Waals surface area contributed by atoms with Crippen LogP contribution in [-0.4, -0.2) is 15.8 Å². The van der Waals surface area contributed by atoms with Crippen LogP contribution in [0.15, 0.2) is 6.20 Å². The number of aromatic nitrogens is 2. The molecule has 0 saturated heterocycles. The summed E-state index contributed by atoms with van der Waals surface area (Å²) < 4.78 is 1.96. The van der Waals surface area contributed by atoms with E-state index in [2.05, 4.69) is 31.2 Å². The first-order valence-corrected chi connectivity index (χ1v) is 6.88. The average molecular weight is 235 g/mol. The Morgan fingerprint density at radius 1 is 1.53 bits per heavy atom. The van der Waals surface area contributed by atoms with Gasteiger partial charge in [0.25, 0.3) is 0 Å². The number of rotatable bonds is 4. The van der Waals surface area contributed by atoms with Crippen LogP contribution in [0.3, 0.4) is 0 Å². The summed E-state index contributed by atoms with van der Waals surface area (Å²) in [5.41, 5.74) is 2.62. The predicted octanol–water partition coefficient (Wildman–Crippen LogP) is 2.96. The SMILES string of the molecule is CCC1CCCC1NC(C)c1cnn(C)c1C. The molecule has 1 saturated carbocycles. The Kier molecular flexibility index (Phi) is 3.87. The van der Waals surface area contributed by atoms with Crippen molar-refractivity contribution in [1.82, 2.24) is 15.1 Å². The minimum Gasteiger partial charge on any atom is -0.307 e. The molecule has 1 aliphatic rings. The fourth-order valence-electron chi connectivity index (χ4n) is 3.10. The Balaban J connectivity index is 2.01. The lowest BCUT2D eigenvalue weighted by atomic mass is 9.99. The molecule has 0 spiro atoms. The monoisotopic (exact) mass is 235 g/mol. The van der Waals surface area contributed by atoms with Crippen LogP contribution in [0.4, 0.5) is 0 Å². The Morgan fingerprint density at radius 2 is 2.29 bits per heavy atom. The molecule has 1 fully saturated rings. The zero-order chi connectivity index (χ0) is 12.4. The Hall–Kier alpha value is -0.830. The number of nitrogens with zero attached hydrogens (tertiary/aromatic N) is 2. The van der Waals surface area contributed by atoms with Crippen LogP contribution < -0.4 is 5.32 Å². The molecule has 0 radical (unpaired) electrons. The van der Waals surface area contributed by atoms with E-state index < -0.39 is 0 Å². The second-order valence-electron chi connectivity index (χ2n) is 5.40. The van der Waals surface area contributed by atoms with E-state index in [1.54, 1.807) is 0 Å². The summed E-state index contributed by atoms with van der Waals surface area (Å²) in [6.07, 6.45) is 7.42. The summed E-state index contributed by atoms with van der Waals surface area (Å²) in [5.74, 6) is 0.870. The van der Waals surface area contributed by atoms with Gasteiger partial charge in [-0.1, -0.05) is 19.8 Å². The highest BCUT2D eigenvalue weighted by Gasteiger charge is 2.27. The third kappa shape index (κ3) is 2.54. The maximum absolute atomic E-state index is 4.33. The molecule has 3 atom stereocenters. The molecular formula is C14H25N3. The average Bonchev–Trinajstić information content (AvgIpc) is 2.87. The number of aryl methyl sites for hydroxylation is 1. The molecule has 96 valence electrons. The van der Waals surface area contributed by atoms with Gasteiger partial charge in [0.15, 0.2) is 0 Å². The molecule has 0 aliphatic heterocycles. The molecule has 2 rings (SSSR count). The quantitative estimate of drug-likeness (QED) is 0.869. The fraction of sp³-hybridized carbons (Fsp3) is 0.786. The highest BCUT2D eigenvalue weighted by atomic mass is 15.3. The molecule has 1 heterocycles. The van der Waals surface area contributed by atoms with Crippen LogP contribution in [0, 0.1) is 12.8 Å². The van der Waals surface area contributed by atoms with Crippen LogP contribution in [0.5, 0.6) is 0 Å². The first-order valence-electron chi connectivity index (χ1n) is 6.88. The van der Waals surface area contributed by atoms with Gasteiger partial charge in [0.2, 0.25) is 0 Å². The molecule has 0 amide bonds. The van der Waals surface area contributed by atoms with Crippen LogP contribution in [-0.2, 0) is 7.05 Å². The van der Waals surface area contributed by atoms with E-state index in [-0.39, 0.29) is 0 Å².